The normalized spacial score (nSPS) is 14.9. The lowest BCUT2D eigenvalue weighted by atomic mass is 10.1. The van der Waals surface area contributed by atoms with Crippen LogP contribution in [0.3, 0.4) is 0 Å². The Morgan fingerprint density at radius 1 is 1.14 bits per heavy atom. The number of piperazine rings is 1. The van der Waals surface area contributed by atoms with Gasteiger partial charge in [-0.25, -0.2) is 0 Å². The van der Waals surface area contributed by atoms with E-state index in [0.29, 0.717) is 32.7 Å². The minimum atomic E-state index is 0.0812. The number of rotatable bonds is 4. The van der Waals surface area contributed by atoms with E-state index in [-0.39, 0.29) is 11.8 Å². The Labute approximate surface area is 132 Å². The third-order valence-corrected chi connectivity index (χ3v) is 4.23. The first-order valence-corrected chi connectivity index (χ1v) is 7.88. The minimum absolute atomic E-state index is 0.0812. The number of para-hydroxylation sites is 1. The fourth-order valence-corrected chi connectivity index (χ4v) is 2.82. The highest BCUT2D eigenvalue weighted by atomic mass is 16.2. The first-order chi connectivity index (χ1) is 10.5. The number of carbonyl (C=O) groups is 2. The zero-order chi connectivity index (χ0) is 16.1. The van der Waals surface area contributed by atoms with Gasteiger partial charge in [0.25, 0.3) is 0 Å². The van der Waals surface area contributed by atoms with Crippen LogP contribution in [0.25, 0.3) is 0 Å². The Morgan fingerprint density at radius 3 is 2.36 bits per heavy atom. The molecule has 0 radical (unpaired) electrons. The van der Waals surface area contributed by atoms with Crippen molar-refractivity contribution in [1.82, 2.24) is 9.80 Å². The van der Waals surface area contributed by atoms with Gasteiger partial charge in [-0.2, -0.15) is 0 Å². The third kappa shape index (κ3) is 3.78. The van der Waals surface area contributed by atoms with E-state index in [0.717, 1.165) is 17.7 Å². The first kappa shape index (κ1) is 16.3. The van der Waals surface area contributed by atoms with Crippen LogP contribution in [0.2, 0.25) is 0 Å². The molecule has 0 aromatic heterocycles. The highest BCUT2D eigenvalue weighted by Crippen LogP contribution is 2.20. The molecule has 0 aliphatic carbocycles. The Morgan fingerprint density at radius 2 is 1.77 bits per heavy atom. The average molecular weight is 303 g/mol. The molecular weight excluding hydrogens is 278 g/mol. The van der Waals surface area contributed by atoms with Crippen LogP contribution in [0.5, 0.6) is 0 Å². The molecule has 1 aromatic rings. The molecule has 1 aliphatic rings. The van der Waals surface area contributed by atoms with E-state index in [1.807, 2.05) is 11.0 Å². The first-order valence-electron chi connectivity index (χ1n) is 7.88. The summed E-state index contributed by atoms with van der Waals surface area (Å²) in [6.45, 7) is 8.54. The van der Waals surface area contributed by atoms with Crippen LogP contribution in [-0.2, 0) is 16.0 Å². The second-order valence-electron chi connectivity index (χ2n) is 5.70. The van der Waals surface area contributed by atoms with Gasteiger partial charge >= 0.3 is 0 Å². The van der Waals surface area contributed by atoms with Gasteiger partial charge in [-0.1, -0.05) is 25.1 Å². The molecule has 120 valence electrons. The number of hydrogen-bond acceptors (Lipinski definition) is 3. The second kappa shape index (κ2) is 7.29. The number of anilines is 1. The largest absolute Gasteiger partial charge is 0.376 e. The second-order valence-corrected chi connectivity index (χ2v) is 5.70. The van der Waals surface area contributed by atoms with Gasteiger partial charge in [0.1, 0.15) is 0 Å². The van der Waals surface area contributed by atoms with Crippen LogP contribution >= 0.6 is 0 Å². The van der Waals surface area contributed by atoms with Crippen LogP contribution in [0.4, 0.5) is 5.69 Å². The molecule has 1 fully saturated rings. The van der Waals surface area contributed by atoms with Gasteiger partial charge in [0.05, 0.1) is 6.54 Å². The molecule has 5 nitrogen and oxygen atoms in total. The van der Waals surface area contributed by atoms with Gasteiger partial charge in [0.15, 0.2) is 0 Å². The number of carbonyl (C=O) groups excluding carboxylic acids is 2. The Bertz CT molecular complexity index is 549. The summed E-state index contributed by atoms with van der Waals surface area (Å²) < 4.78 is 0. The maximum atomic E-state index is 12.3. The quantitative estimate of drug-likeness (QED) is 0.920. The van der Waals surface area contributed by atoms with Gasteiger partial charge in [-0.3, -0.25) is 9.59 Å². The maximum Gasteiger partial charge on any atom is 0.241 e. The van der Waals surface area contributed by atoms with Gasteiger partial charge < -0.3 is 15.1 Å². The summed E-state index contributed by atoms with van der Waals surface area (Å²) in [5, 5.41) is 3.29. The van der Waals surface area contributed by atoms with Crippen LogP contribution in [0.15, 0.2) is 18.2 Å². The average Bonchev–Trinajstić information content (AvgIpc) is 2.53. The van der Waals surface area contributed by atoms with Crippen molar-refractivity contribution in [2.45, 2.75) is 27.2 Å². The van der Waals surface area contributed by atoms with Crippen molar-refractivity contribution in [1.29, 1.82) is 0 Å². The van der Waals surface area contributed by atoms with Crippen LogP contribution in [-0.4, -0.2) is 54.3 Å². The summed E-state index contributed by atoms with van der Waals surface area (Å²) in [5.74, 6) is 0.172. The highest BCUT2D eigenvalue weighted by Gasteiger charge is 2.22. The molecule has 1 N–H and O–H groups in total. The van der Waals surface area contributed by atoms with Crippen LogP contribution < -0.4 is 5.32 Å². The SMILES string of the molecule is CCc1cccc(C)c1NCC(=O)N1CCN(C(C)=O)CC1. The van der Waals surface area contributed by atoms with Gasteiger partial charge in [-0.05, 0) is 24.5 Å². The number of hydrogen-bond donors (Lipinski definition) is 1. The molecule has 1 heterocycles. The van der Waals surface area contributed by atoms with Crippen LogP contribution in [0, 0.1) is 6.92 Å². The zero-order valence-electron chi connectivity index (χ0n) is 13.7. The molecule has 0 unspecified atom stereocenters. The predicted octanol–water partition coefficient (Wildman–Crippen LogP) is 1.66. The highest BCUT2D eigenvalue weighted by molar-refractivity contribution is 5.82. The number of aryl methyl sites for hydroxylation is 2. The molecule has 0 saturated carbocycles. The lowest BCUT2D eigenvalue weighted by molar-refractivity contribution is -0.137. The van der Waals surface area contributed by atoms with Crippen molar-refractivity contribution < 1.29 is 9.59 Å². The van der Waals surface area contributed by atoms with E-state index < -0.39 is 0 Å². The number of nitrogens with zero attached hydrogens (tertiary/aromatic N) is 2. The predicted molar refractivity (Wildman–Crippen MR) is 87.9 cm³/mol. The molecular formula is C17H25N3O2. The fraction of sp³-hybridized carbons (Fsp3) is 0.529. The zero-order valence-corrected chi connectivity index (χ0v) is 13.7. The molecule has 2 rings (SSSR count). The van der Waals surface area contributed by atoms with E-state index in [1.54, 1.807) is 11.8 Å². The molecule has 1 saturated heterocycles. The summed E-state index contributed by atoms with van der Waals surface area (Å²) in [6, 6.07) is 6.19. The Kier molecular flexibility index (Phi) is 5.41. The van der Waals surface area contributed by atoms with Gasteiger partial charge in [0, 0.05) is 38.8 Å². The summed E-state index contributed by atoms with van der Waals surface area (Å²) in [6.07, 6.45) is 0.940. The van der Waals surface area contributed by atoms with E-state index in [1.165, 1.54) is 5.56 Å². The summed E-state index contributed by atoms with van der Waals surface area (Å²) >= 11 is 0. The summed E-state index contributed by atoms with van der Waals surface area (Å²) in [4.78, 5) is 27.2. The van der Waals surface area contributed by atoms with Gasteiger partial charge in [-0.15, -0.1) is 0 Å². The van der Waals surface area contributed by atoms with Gasteiger partial charge in [0.2, 0.25) is 11.8 Å². The molecule has 0 spiro atoms. The van der Waals surface area contributed by atoms with Crippen molar-refractivity contribution in [3.05, 3.63) is 29.3 Å². The lowest BCUT2D eigenvalue weighted by Crippen LogP contribution is -2.51. The summed E-state index contributed by atoms with van der Waals surface area (Å²) in [7, 11) is 0. The number of nitrogens with one attached hydrogen (secondary N) is 1. The lowest BCUT2D eigenvalue weighted by Gasteiger charge is -2.34. The van der Waals surface area contributed by atoms with E-state index in [9.17, 15) is 9.59 Å². The van der Waals surface area contributed by atoms with Crippen LogP contribution in [0.1, 0.15) is 25.0 Å². The van der Waals surface area contributed by atoms with E-state index in [2.05, 4.69) is 31.3 Å². The Balaban J connectivity index is 1.90. The molecule has 1 aromatic carbocycles. The summed E-state index contributed by atoms with van der Waals surface area (Å²) in [5.41, 5.74) is 3.46. The van der Waals surface area contributed by atoms with Crippen molar-refractivity contribution in [2.75, 3.05) is 38.0 Å². The Hall–Kier alpha value is -2.04. The van der Waals surface area contributed by atoms with Crippen molar-refractivity contribution in [2.24, 2.45) is 0 Å². The molecule has 5 heteroatoms. The van der Waals surface area contributed by atoms with Crippen molar-refractivity contribution >= 4 is 17.5 Å². The standard InChI is InChI=1S/C17H25N3O2/c1-4-15-7-5-6-13(2)17(15)18-12-16(22)20-10-8-19(9-11-20)14(3)21/h5-7,18H,4,8-12H2,1-3H3. The topological polar surface area (TPSA) is 52.7 Å². The van der Waals surface area contributed by atoms with Crippen molar-refractivity contribution in [3.8, 4) is 0 Å². The molecule has 0 bridgehead atoms. The monoisotopic (exact) mass is 303 g/mol. The van der Waals surface area contributed by atoms with E-state index >= 15 is 0 Å². The van der Waals surface area contributed by atoms with E-state index in [4.69, 9.17) is 0 Å². The third-order valence-electron chi connectivity index (χ3n) is 4.23. The molecule has 22 heavy (non-hydrogen) atoms. The molecule has 1 aliphatic heterocycles. The van der Waals surface area contributed by atoms with Crippen molar-refractivity contribution in [3.63, 3.8) is 0 Å². The molecule has 2 amide bonds. The fourth-order valence-electron chi connectivity index (χ4n) is 2.82. The minimum Gasteiger partial charge on any atom is -0.376 e. The smallest absolute Gasteiger partial charge is 0.241 e. The maximum absolute atomic E-state index is 12.3. The number of benzene rings is 1. The number of amides is 2. The molecule has 0 atom stereocenters.